The number of rotatable bonds is 7. The van der Waals surface area contributed by atoms with Gasteiger partial charge in [0.2, 0.25) is 5.91 Å². The van der Waals surface area contributed by atoms with Crippen LogP contribution in [-0.2, 0) is 14.3 Å². The zero-order chi connectivity index (χ0) is 15.8. The highest BCUT2D eigenvalue weighted by molar-refractivity contribution is 5.76. The first-order valence-electron chi connectivity index (χ1n) is 7.24. The minimum absolute atomic E-state index is 0.0122. The Balaban J connectivity index is 2.47. The number of ether oxygens (including phenoxy) is 1. The van der Waals surface area contributed by atoms with E-state index in [0.717, 1.165) is 13.0 Å². The highest BCUT2D eigenvalue weighted by atomic mass is 16.5. The van der Waals surface area contributed by atoms with E-state index in [-0.39, 0.29) is 25.0 Å². The van der Waals surface area contributed by atoms with Crippen LogP contribution in [0.25, 0.3) is 0 Å². The van der Waals surface area contributed by atoms with E-state index < -0.39 is 18.3 Å². The minimum atomic E-state index is -0.930. The molecule has 1 heterocycles. The summed E-state index contributed by atoms with van der Waals surface area (Å²) in [4.78, 5) is 24.3. The van der Waals surface area contributed by atoms with Crippen molar-refractivity contribution in [3.8, 4) is 0 Å². The first kappa shape index (κ1) is 17.8. The van der Waals surface area contributed by atoms with Gasteiger partial charge in [0.15, 0.2) is 0 Å². The maximum Gasteiger partial charge on any atom is 0.302 e. The molecule has 8 nitrogen and oxygen atoms in total. The van der Waals surface area contributed by atoms with Gasteiger partial charge in [-0.1, -0.05) is 0 Å². The number of nitrogens with one attached hydrogen (secondary N) is 2. The summed E-state index contributed by atoms with van der Waals surface area (Å²) >= 11 is 0. The molecule has 0 aromatic carbocycles. The summed E-state index contributed by atoms with van der Waals surface area (Å²) in [5.41, 5.74) is 5.63. The number of aliphatic hydroxyl groups excluding tert-OH is 1. The molecule has 8 heteroatoms. The second-order valence-corrected chi connectivity index (χ2v) is 5.22. The Morgan fingerprint density at radius 1 is 1.62 bits per heavy atom. The summed E-state index contributed by atoms with van der Waals surface area (Å²) in [6.45, 7) is 4.61. The fourth-order valence-corrected chi connectivity index (χ4v) is 2.24. The molecule has 0 aromatic rings. The van der Waals surface area contributed by atoms with Crippen LogP contribution in [0.3, 0.4) is 0 Å². The summed E-state index contributed by atoms with van der Waals surface area (Å²) in [6.07, 6.45) is -0.113. The molecule has 1 fully saturated rings. The van der Waals surface area contributed by atoms with E-state index in [1.165, 1.54) is 6.92 Å². The molecule has 1 amide bonds. The maximum absolute atomic E-state index is 11.8. The number of hydrogen-bond donors (Lipinski definition) is 4. The molecule has 0 aromatic heterocycles. The standard InChI is InChI=1S/C13H26N4O4/c1-9(21-10(2)18)11(6-14)16-12(19)7-17-8-15-5-3-4-13(17)20/h9,11-12,15-16,19H,3-8,14H2,1-2H3. The maximum atomic E-state index is 11.8. The molecule has 0 saturated carbocycles. The first-order valence-corrected chi connectivity index (χ1v) is 7.24. The van der Waals surface area contributed by atoms with Crippen LogP contribution in [0.4, 0.5) is 0 Å². The molecule has 3 atom stereocenters. The van der Waals surface area contributed by atoms with E-state index in [2.05, 4.69) is 10.6 Å². The Kier molecular flexibility index (Phi) is 7.58. The van der Waals surface area contributed by atoms with E-state index in [9.17, 15) is 14.7 Å². The van der Waals surface area contributed by atoms with E-state index >= 15 is 0 Å². The number of carbonyl (C=O) groups excluding carboxylic acids is 2. The molecular weight excluding hydrogens is 276 g/mol. The van der Waals surface area contributed by atoms with E-state index in [4.69, 9.17) is 10.5 Å². The number of hydrogen-bond acceptors (Lipinski definition) is 7. The summed E-state index contributed by atoms with van der Waals surface area (Å²) < 4.78 is 5.05. The van der Waals surface area contributed by atoms with Gasteiger partial charge >= 0.3 is 5.97 Å². The van der Waals surface area contributed by atoms with Crippen molar-refractivity contribution >= 4 is 11.9 Å². The topological polar surface area (TPSA) is 117 Å². The fourth-order valence-electron chi connectivity index (χ4n) is 2.24. The summed E-state index contributed by atoms with van der Waals surface area (Å²) in [7, 11) is 0. The summed E-state index contributed by atoms with van der Waals surface area (Å²) in [5, 5.41) is 16.1. The lowest BCUT2D eigenvalue weighted by molar-refractivity contribution is -0.147. The fraction of sp³-hybridized carbons (Fsp3) is 0.846. The third-order valence-electron chi connectivity index (χ3n) is 3.37. The molecule has 1 aliphatic rings. The number of nitrogens with two attached hydrogens (primary N) is 1. The van der Waals surface area contributed by atoms with Crippen LogP contribution in [0.5, 0.6) is 0 Å². The Labute approximate surface area is 125 Å². The summed E-state index contributed by atoms with van der Waals surface area (Å²) in [6, 6.07) is -0.376. The Bertz CT molecular complexity index is 353. The van der Waals surface area contributed by atoms with Gasteiger partial charge in [0.05, 0.1) is 19.3 Å². The van der Waals surface area contributed by atoms with Gasteiger partial charge < -0.3 is 20.5 Å². The van der Waals surface area contributed by atoms with Crippen molar-refractivity contribution < 1.29 is 19.4 Å². The normalized spacial score (nSPS) is 20.6. The van der Waals surface area contributed by atoms with Gasteiger partial charge in [0.1, 0.15) is 12.3 Å². The lowest BCUT2D eigenvalue weighted by Crippen LogP contribution is -2.54. The van der Waals surface area contributed by atoms with Crippen molar-refractivity contribution in [2.45, 2.75) is 45.1 Å². The summed E-state index contributed by atoms with van der Waals surface area (Å²) in [5.74, 6) is -0.387. The third kappa shape index (κ3) is 6.38. The van der Waals surface area contributed by atoms with Crippen LogP contribution in [0.1, 0.15) is 26.7 Å². The number of β-amino-alcohol motifs (C(OH)–C–C–N with tert-alkyl or cyclic N) is 1. The quantitative estimate of drug-likeness (QED) is 0.328. The lowest BCUT2D eigenvalue weighted by Gasteiger charge is -2.29. The largest absolute Gasteiger partial charge is 0.461 e. The van der Waals surface area contributed by atoms with Gasteiger partial charge in [0, 0.05) is 19.9 Å². The molecule has 0 spiro atoms. The Morgan fingerprint density at radius 2 is 2.33 bits per heavy atom. The van der Waals surface area contributed by atoms with Gasteiger partial charge in [-0.3, -0.25) is 20.2 Å². The van der Waals surface area contributed by atoms with Crippen molar-refractivity contribution in [2.75, 3.05) is 26.3 Å². The monoisotopic (exact) mass is 302 g/mol. The van der Waals surface area contributed by atoms with Gasteiger partial charge in [-0.05, 0) is 19.9 Å². The van der Waals surface area contributed by atoms with Crippen LogP contribution in [0.15, 0.2) is 0 Å². The average molecular weight is 302 g/mol. The van der Waals surface area contributed by atoms with Crippen molar-refractivity contribution in [2.24, 2.45) is 5.73 Å². The second kappa shape index (κ2) is 8.93. The average Bonchev–Trinajstić information content (AvgIpc) is 2.60. The smallest absolute Gasteiger partial charge is 0.302 e. The highest BCUT2D eigenvalue weighted by Crippen LogP contribution is 2.04. The van der Waals surface area contributed by atoms with Crippen LogP contribution < -0.4 is 16.4 Å². The SMILES string of the molecule is CC(=O)OC(C)C(CN)NC(O)CN1CNCCCC1=O. The van der Waals surface area contributed by atoms with Crippen LogP contribution in [-0.4, -0.2) is 66.6 Å². The zero-order valence-corrected chi connectivity index (χ0v) is 12.7. The number of nitrogens with zero attached hydrogens (tertiary/aromatic N) is 1. The first-order chi connectivity index (χ1) is 9.93. The molecule has 1 aliphatic heterocycles. The lowest BCUT2D eigenvalue weighted by atomic mass is 10.1. The number of amides is 1. The molecule has 122 valence electrons. The van der Waals surface area contributed by atoms with Crippen LogP contribution >= 0.6 is 0 Å². The molecule has 0 radical (unpaired) electrons. The van der Waals surface area contributed by atoms with E-state index in [1.54, 1.807) is 11.8 Å². The highest BCUT2D eigenvalue weighted by Gasteiger charge is 2.24. The second-order valence-electron chi connectivity index (χ2n) is 5.22. The van der Waals surface area contributed by atoms with Crippen molar-refractivity contribution in [3.05, 3.63) is 0 Å². The Morgan fingerprint density at radius 3 is 2.95 bits per heavy atom. The predicted molar refractivity (Wildman–Crippen MR) is 77.0 cm³/mol. The third-order valence-corrected chi connectivity index (χ3v) is 3.37. The van der Waals surface area contributed by atoms with Crippen molar-refractivity contribution in [1.29, 1.82) is 0 Å². The van der Waals surface area contributed by atoms with Crippen molar-refractivity contribution in [3.63, 3.8) is 0 Å². The molecule has 0 bridgehead atoms. The van der Waals surface area contributed by atoms with Gasteiger partial charge in [-0.25, -0.2) is 0 Å². The van der Waals surface area contributed by atoms with Gasteiger partial charge in [-0.2, -0.15) is 0 Å². The molecule has 21 heavy (non-hydrogen) atoms. The number of aliphatic hydroxyl groups is 1. The van der Waals surface area contributed by atoms with Crippen LogP contribution in [0.2, 0.25) is 0 Å². The minimum Gasteiger partial charge on any atom is -0.461 e. The zero-order valence-electron chi connectivity index (χ0n) is 12.7. The predicted octanol–water partition coefficient (Wildman–Crippen LogP) is -1.66. The number of carbonyl (C=O) groups is 2. The van der Waals surface area contributed by atoms with Crippen molar-refractivity contribution in [1.82, 2.24) is 15.5 Å². The van der Waals surface area contributed by atoms with Crippen LogP contribution in [0, 0.1) is 0 Å². The van der Waals surface area contributed by atoms with E-state index in [1.807, 2.05) is 0 Å². The Hall–Kier alpha value is -1.22. The van der Waals surface area contributed by atoms with E-state index in [0.29, 0.717) is 13.1 Å². The molecule has 5 N–H and O–H groups in total. The molecule has 0 aliphatic carbocycles. The molecule has 3 unspecified atom stereocenters. The molecule has 1 rings (SSSR count). The van der Waals surface area contributed by atoms with Gasteiger partial charge in [-0.15, -0.1) is 0 Å². The van der Waals surface area contributed by atoms with Gasteiger partial charge in [0.25, 0.3) is 0 Å². The number of esters is 1. The molecular formula is C13H26N4O4. The molecule has 1 saturated heterocycles.